The molecular formula is C26H31ClFN5O3. The molecule has 0 atom stereocenters. The number of piperidine rings is 1. The Morgan fingerprint density at radius 1 is 0.972 bits per heavy atom. The van der Waals surface area contributed by atoms with E-state index in [0.29, 0.717) is 42.2 Å². The molecule has 3 amide bonds. The fourth-order valence-corrected chi connectivity index (χ4v) is 4.94. The van der Waals surface area contributed by atoms with Crippen LogP contribution in [-0.4, -0.2) is 80.4 Å². The molecule has 0 aromatic heterocycles. The zero-order valence-corrected chi connectivity index (χ0v) is 21.1. The highest BCUT2D eigenvalue weighted by Crippen LogP contribution is 2.34. The number of hydrogen-bond donors (Lipinski definition) is 2. The van der Waals surface area contributed by atoms with Crippen molar-refractivity contribution in [3.63, 3.8) is 0 Å². The molecular weight excluding hydrogens is 485 g/mol. The molecule has 192 valence electrons. The van der Waals surface area contributed by atoms with Crippen LogP contribution in [0.3, 0.4) is 0 Å². The van der Waals surface area contributed by atoms with Crippen LogP contribution in [0.25, 0.3) is 0 Å². The molecule has 2 N–H and O–H groups in total. The number of nitrogens with one attached hydrogen (secondary N) is 2. The number of hydrogen-bond acceptors (Lipinski definition) is 5. The van der Waals surface area contributed by atoms with Crippen molar-refractivity contribution >= 4 is 40.7 Å². The average molecular weight is 516 g/mol. The van der Waals surface area contributed by atoms with Gasteiger partial charge in [-0.25, -0.2) is 9.18 Å². The van der Waals surface area contributed by atoms with Crippen LogP contribution < -0.4 is 15.5 Å². The second-order valence-electron chi connectivity index (χ2n) is 9.26. The van der Waals surface area contributed by atoms with E-state index in [1.165, 1.54) is 24.3 Å². The molecule has 0 saturated carbocycles. The van der Waals surface area contributed by atoms with Crippen LogP contribution in [0, 0.1) is 11.7 Å². The van der Waals surface area contributed by atoms with E-state index >= 15 is 0 Å². The number of para-hydroxylation sites is 1. The van der Waals surface area contributed by atoms with Gasteiger partial charge in [-0.2, -0.15) is 0 Å². The predicted molar refractivity (Wildman–Crippen MR) is 138 cm³/mol. The predicted octanol–water partition coefficient (Wildman–Crippen LogP) is 3.47. The molecule has 2 aromatic carbocycles. The summed E-state index contributed by atoms with van der Waals surface area (Å²) in [4.78, 5) is 43.9. The second kappa shape index (κ2) is 11.7. The molecule has 0 radical (unpaired) electrons. The van der Waals surface area contributed by atoms with E-state index in [4.69, 9.17) is 11.6 Å². The number of amides is 3. The minimum absolute atomic E-state index is 0.0303. The van der Waals surface area contributed by atoms with Crippen LogP contribution in [0.15, 0.2) is 42.5 Å². The number of rotatable bonds is 6. The molecule has 0 aliphatic carbocycles. The third-order valence-corrected chi connectivity index (χ3v) is 7.11. The van der Waals surface area contributed by atoms with E-state index < -0.39 is 6.03 Å². The van der Waals surface area contributed by atoms with E-state index in [-0.39, 0.29) is 30.0 Å². The Bertz CT molecular complexity index is 1100. The quantitative estimate of drug-likeness (QED) is 0.575. The molecule has 0 spiro atoms. The lowest BCUT2D eigenvalue weighted by Crippen LogP contribution is -2.46. The zero-order chi connectivity index (χ0) is 25.7. The molecule has 2 aliphatic rings. The van der Waals surface area contributed by atoms with Gasteiger partial charge in [0.2, 0.25) is 5.91 Å². The Hall–Kier alpha value is -3.17. The highest BCUT2D eigenvalue weighted by Gasteiger charge is 2.28. The first-order valence-electron chi connectivity index (χ1n) is 12.2. The van der Waals surface area contributed by atoms with Crippen molar-refractivity contribution in [1.82, 2.24) is 15.1 Å². The Morgan fingerprint density at radius 3 is 2.31 bits per heavy atom. The number of anilines is 2. The first-order chi connectivity index (χ1) is 17.3. The largest absolute Gasteiger partial charge is 0.366 e. The standard InChI is InChI=1S/C26H31ClFN5O3/c1-31-13-15-33(16-14-31)24-21(27)3-2-4-22(24)30-26(36)29-17-23(34)32-11-9-19(10-12-32)25(35)18-5-7-20(28)8-6-18/h2-8,19H,9-17H2,1H3,(H2,29,30,36). The Kier molecular flexibility index (Phi) is 8.43. The minimum atomic E-state index is -0.484. The first-order valence-corrected chi connectivity index (χ1v) is 12.5. The Balaban J connectivity index is 1.26. The van der Waals surface area contributed by atoms with Crippen LogP contribution in [0.1, 0.15) is 23.2 Å². The van der Waals surface area contributed by atoms with Crippen LogP contribution in [0.2, 0.25) is 5.02 Å². The summed E-state index contributed by atoms with van der Waals surface area (Å²) < 4.78 is 13.1. The molecule has 0 unspecified atom stereocenters. The van der Waals surface area contributed by atoms with Gasteiger partial charge in [-0.3, -0.25) is 9.59 Å². The first kappa shape index (κ1) is 25.9. The molecule has 2 aliphatic heterocycles. The molecule has 2 saturated heterocycles. The number of benzene rings is 2. The van der Waals surface area contributed by atoms with Crippen molar-refractivity contribution in [3.05, 3.63) is 58.9 Å². The van der Waals surface area contributed by atoms with Gasteiger partial charge in [0, 0.05) is 50.7 Å². The maximum atomic E-state index is 13.1. The van der Waals surface area contributed by atoms with Gasteiger partial charge >= 0.3 is 6.03 Å². The van der Waals surface area contributed by atoms with Gasteiger partial charge < -0.3 is 25.3 Å². The molecule has 2 fully saturated rings. The number of ketones is 1. The highest BCUT2D eigenvalue weighted by atomic mass is 35.5. The number of nitrogens with zero attached hydrogens (tertiary/aromatic N) is 3. The molecule has 36 heavy (non-hydrogen) atoms. The molecule has 2 aromatic rings. The number of carbonyl (C=O) groups is 3. The fraction of sp³-hybridized carbons (Fsp3) is 0.423. The Labute approximate surface area is 215 Å². The molecule has 8 nitrogen and oxygen atoms in total. The number of likely N-dealkylation sites (tertiary alicyclic amines) is 1. The molecule has 0 bridgehead atoms. The third kappa shape index (κ3) is 6.33. The number of halogens is 2. The van der Waals surface area contributed by atoms with Crippen molar-refractivity contribution in [2.45, 2.75) is 12.8 Å². The van der Waals surface area contributed by atoms with Gasteiger partial charge in [-0.1, -0.05) is 17.7 Å². The normalized spacial score (nSPS) is 17.1. The van der Waals surface area contributed by atoms with E-state index in [9.17, 15) is 18.8 Å². The van der Waals surface area contributed by atoms with Crippen molar-refractivity contribution < 1.29 is 18.8 Å². The Morgan fingerprint density at radius 2 is 1.64 bits per heavy atom. The lowest BCUT2D eigenvalue weighted by molar-refractivity contribution is -0.131. The van der Waals surface area contributed by atoms with Crippen LogP contribution in [0.4, 0.5) is 20.6 Å². The van der Waals surface area contributed by atoms with Gasteiger partial charge in [0.05, 0.1) is 22.9 Å². The lowest BCUT2D eigenvalue weighted by Gasteiger charge is -2.35. The van der Waals surface area contributed by atoms with Crippen molar-refractivity contribution in [3.8, 4) is 0 Å². The summed E-state index contributed by atoms with van der Waals surface area (Å²) in [5, 5.41) is 6.03. The van der Waals surface area contributed by atoms with Crippen molar-refractivity contribution in [1.29, 1.82) is 0 Å². The summed E-state index contributed by atoms with van der Waals surface area (Å²) in [6, 6.07) is 10.4. The molecule has 2 heterocycles. The lowest BCUT2D eigenvalue weighted by atomic mass is 9.89. The molecule has 10 heteroatoms. The summed E-state index contributed by atoms with van der Waals surface area (Å²) in [5.74, 6) is -0.818. The summed E-state index contributed by atoms with van der Waals surface area (Å²) in [5.41, 5.74) is 1.86. The van der Waals surface area contributed by atoms with E-state index in [1.807, 2.05) is 0 Å². The summed E-state index contributed by atoms with van der Waals surface area (Å²) in [6.45, 7) is 4.12. The van der Waals surface area contributed by atoms with Crippen molar-refractivity contribution in [2.75, 3.05) is 63.1 Å². The van der Waals surface area contributed by atoms with E-state index in [1.54, 1.807) is 23.1 Å². The van der Waals surface area contributed by atoms with Gasteiger partial charge in [-0.15, -0.1) is 0 Å². The summed E-state index contributed by atoms with van der Waals surface area (Å²) in [7, 11) is 2.07. The molecule has 4 rings (SSSR count). The second-order valence-corrected chi connectivity index (χ2v) is 9.67. The van der Waals surface area contributed by atoms with Crippen molar-refractivity contribution in [2.24, 2.45) is 5.92 Å². The smallest absolute Gasteiger partial charge is 0.319 e. The highest BCUT2D eigenvalue weighted by molar-refractivity contribution is 6.34. The van der Waals surface area contributed by atoms with Gasteiger partial charge in [0.1, 0.15) is 5.82 Å². The van der Waals surface area contributed by atoms with Crippen LogP contribution >= 0.6 is 11.6 Å². The fourth-order valence-electron chi connectivity index (χ4n) is 4.64. The third-order valence-electron chi connectivity index (χ3n) is 6.80. The number of carbonyl (C=O) groups excluding carboxylic acids is 3. The van der Waals surface area contributed by atoms with Gasteiger partial charge in [-0.05, 0) is 56.3 Å². The maximum absolute atomic E-state index is 13.1. The summed E-state index contributed by atoms with van der Waals surface area (Å²) in [6.07, 6.45) is 1.07. The van der Waals surface area contributed by atoms with Gasteiger partial charge in [0.15, 0.2) is 5.78 Å². The number of urea groups is 1. The SMILES string of the molecule is CN1CCN(c2c(Cl)cccc2NC(=O)NCC(=O)N2CCC(C(=O)c3ccc(F)cc3)CC2)CC1. The van der Waals surface area contributed by atoms with Gasteiger partial charge in [0.25, 0.3) is 0 Å². The monoisotopic (exact) mass is 515 g/mol. The van der Waals surface area contributed by atoms with E-state index in [2.05, 4.69) is 27.5 Å². The summed E-state index contributed by atoms with van der Waals surface area (Å²) >= 11 is 6.46. The van der Waals surface area contributed by atoms with Crippen LogP contribution in [0.5, 0.6) is 0 Å². The number of likely N-dealkylation sites (N-methyl/N-ethyl adjacent to an activating group) is 1. The van der Waals surface area contributed by atoms with E-state index in [0.717, 1.165) is 31.9 Å². The van der Waals surface area contributed by atoms with Crippen LogP contribution in [-0.2, 0) is 4.79 Å². The number of piperazine rings is 1. The number of Topliss-reactive ketones (excluding diaryl/α,β-unsaturated/α-hetero) is 1. The average Bonchev–Trinajstić information content (AvgIpc) is 2.88. The topological polar surface area (TPSA) is 85.0 Å². The zero-order valence-electron chi connectivity index (χ0n) is 20.3. The minimum Gasteiger partial charge on any atom is -0.366 e. The maximum Gasteiger partial charge on any atom is 0.319 e.